The van der Waals surface area contributed by atoms with Gasteiger partial charge in [0.05, 0.1) is 6.42 Å². The number of phenolic OH excluding ortho intramolecular Hbond substituents is 1. The molecule has 0 aromatic heterocycles. The molecule has 5 heteroatoms. The number of rotatable bonds is 1. The van der Waals surface area contributed by atoms with Crippen LogP contribution in [0, 0.1) is 0 Å². The van der Waals surface area contributed by atoms with Gasteiger partial charge in [0.1, 0.15) is 16.9 Å². The van der Waals surface area contributed by atoms with Crippen molar-refractivity contribution in [1.29, 1.82) is 0 Å². The summed E-state index contributed by atoms with van der Waals surface area (Å²) >= 11 is 0. The van der Waals surface area contributed by atoms with E-state index in [0.717, 1.165) is 0 Å². The third-order valence-electron chi connectivity index (χ3n) is 2.75. The molecule has 5 nitrogen and oxygen atoms in total. The quantitative estimate of drug-likeness (QED) is 0.548. The molecule has 0 saturated carbocycles. The lowest BCUT2D eigenvalue weighted by Crippen LogP contribution is -2.40. The van der Waals surface area contributed by atoms with Gasteiger partial charge in [-0.3, -0.25) is 9.59 Å². The number of benzene rings is 1. The molecular formula is C11H10O5. The second kappa shape index (κ2) is 3.23. The number of carboxylic acids is 1. The number of esters is 1. The largest absolute Gasteiger partial charge is 0.508 e. The Balaban J connectivity index is 2.64. The number of ether oxygens (including phenoxy) is 1. The highest BCUT2D eigenvalue weighted by Crippen LogP contribution is 2.40. The zero-order valence-corrected chi connectivity index (χ0v) is 8.56. The van der Waals surface area contributed by atoms with Crippen molar-refractivity contribution in [3.05, 3.63) is 23.8 Å². The molecule has 0 fully saturated rings. The van der Waals surface area contributed by atoms with Gasteiger partial charge in [-0.05, 0) is 25.1 Å². The van der Waals surface area contributed by atoms with Crippen molar-refractivity contribution >= 4 is 11.9 Å². The first-order valence-electron chi connectivity index (χ1n) is 4.71. The van der Waals surface area contributed by atoms with Crippen molar-refractivity contribution in [3.8, 4) is 11.5 Å². The molecule has 1 aromatic carbocycles. The van der Waals surface area contributed by atoms with Gasteiger partial charge < -0.3 is 14.9 Å². The van der Waals surface area contributed by atoms with E-state index in [1.165, 1.54) is 25.1 Å². The van der Waals surface area contributed by atoms with Crippen LogP contribution in [0.4, 0.5) is 0 Å². The summed E-state index contributed by atoms with van der Waals surface area (Å²) in [5, 5.41) is 18.5. The van der Waals surface area contributed by atoms with Gasteiger partial charge in [0.2, 0.25) is 0 Å². The molecular weight excluding hydrogens is 212 g/mol. The average molecular weight is 222 g/mol. The van der Waals surface area contributed by atoms with Gasteiger partial charge in [0.15, 0.2) is 0 Å². The highest BCUT2D eigenvalue weighted by Gasteiger charge is 2.44. The van der Waals surface area contributed by atoms with E-state index in [9.17, 15) is 14.7 Å². The number of phenols is 1. The Bertz CT molecular complexity index is 479. The van der Waals surface area contributed by atoms with Crippen LogP contribution in [0.2, 0.25) is 0 Å². The molecule has 1 atom stereocenters. The van der Waals surface area contributed by atoms with Crippen LogP contribution in [-0.4, -0.2) is 22.2 Å². The van der Waals surface area contributed by atoms with E-state index in [2.05, 4.69) is 0 Å². The Morgan fingerprint density at radius 2 is 2.19 bits per heavy atom. The van der Waals surface area contributed by atoms with Gasteiger partial charge in [-0.25, -0.2) is 0 Å². The molecule has 1 aliphatic rings. The summed E-state index contributed by atoms with van der Waals surface area (Å²) in [7, 11) is 0. The van der Waals surface area contributed by atoms with Gasteiger partial charge >= 0.3 is 11.9 Å². The highest BCUT2D eigenvalue weighted by molar-refractivity contribution is 5.91. The number of hydrogen-bond acceptors (Lipinski definition) is 4. The molecule has 1 heterocycles. The second-order valence-electron chi connectivity index (χ2n) is 3.97. The first-order valence-corrected chi connectivity index (χ1v) is 4.71. The summed E-state index contributed by atoms with van der Waals surface area (Å²) in [4.78, 5) is 22.5. The van der Waals surface area contributed by atoms with Gasteiger partial charge in [0, 0.05) is 5.56 Å². The molecule has 0 saturated heterocycles. The van der Waals surface area contributed by atoms with Gasteiger partial charge in [-0.2, -0.15) is 0 Å². The molecule has 1 unspecified atom stereocenters. The lowest BCUT2D eigenvalue weighted by molar-refractivity contribution is -0.150. The Morgan fingerprint density at radius 1 is 1.50 bits per heavy atom. The zero-order chi connectivity index (χ0) is 11.9. The minimum absolute atomic E-state index is 0.0517. The lowest BCUT2D eigenvalue weighted by Gasteiger charge is -2.30. The van der Waals surface area contributed by atoms with Crippen molar-refractivity contribution in [2.75, 3.05) is 0 Å². The molecule has 0 aliphatic carbocycles. The number of aromatic hydroxyl groups is 1. The van der Waals surface area contributed by atoms with Crippen LogP contribution in [0.1, 0.15) is 18.9 Å². The third kappa shape index (κ3) is 1.41. The van der Waals surface area contributed by atoms with E-state index >= 15 is 0 Å². The van der Waals surface area contributed by atoms with Crippen LogP contribution in [0.15, 0.2) is 18.2 Å². The molecule has 0 bridgehead atoms. The SMILES string of the molecule is CC1(C(=O)O)CC(=O)Oc2ccc(O)cc21. The number of carbonyl (C=O) groups excluding carboxylic acids is 1. The normalized spacial score (nSPS) is 23.4. The number of carboxylic acid groups (broad SMARTS) is 1. The maximum Gasteiger partial charge on any atom is 0.314 e. The van der Waals surface area contributed by atoms with E-state index in [1.807, 2.05) is 0 Å². The number of carbonyl (C=O) groups is 2. The summed E-state index contributed by atoms with van der Waals surface area (Å²) in [6.07, 6.45) is -0.237. The predicted octanol–water partition coefficient (Wildman–Crippen LogP) is 1.04. The highest BCUT2D eigenvalue weighted by atomic mass is 16.5. The molecule has 1 aliphatic heterocycles. The van der Waals surface area contributed by atoms with Crippen molar-refractivity contribution in [2.45, 2.75) is 18.8 Å². The van der Waals surface area contributed by atoms with Gasteiger partial charge in [-0.1, -0.05) is 0 Å². The van der Waals surface area contributed by atoms with Crippen molar-refractivity contribution in [2.24, 2.45) is 0 Å². The van der Waals surface area contributed by atoms with E-state index in [-0.39, 0.29) is 17.9 Å². The van der Waals surface area contributed by atoms with E-state index < -0.39 is 17.4 Å². The molecule has 0 spiro atoms. The second-order valence-corrected chi connectivity index (χ2v) is 3.97. The number of fused-ring (bicyclic) bond motifs is 1. The van der Waals surface area contributed by atoms with E-state index in [0.29, 0.717) is 5.56 Å². The first kappa shape index (κ1) is 10.5. The summed E-state index contributed by atoms with van der Waals surface area (Å²) in [5.74, 6) is -1.55. The molecule has 0 radical (unpaired) electrons. The van der Waals surface area contributed by atoms with Crippen LogP contribution >= 0.6 is 0 Å². The summed E-state index contributed by atoms with van der Waals surface area (Å²) in [5.41, 5.74) is -1.02. The summed E-state index contributed by atoms with van der Waals surface area (Å²) < 4.78 is 4.92. The fourth-order valence-electron chi connectivity index (χ4n) is 1.77. The Labute approximate surface area is 91.3 Å². The predicted molar refractivity (Wildman–Crippen MR) is 53.3 cm³/mol. The Kier molecular flexibility index (Phi) is 2.11. The fraction of sp³-hybridized carbons (Fsp3) is 0.273. The van der Waals surface area contributed by atoms with Crippen molar-refractivity contribution < 1.29 is 24.5 Å². The third-order valence-corrected chi connectivity index (χ3v) is 2.75. The van der Waals surface area contributed by atoms with Crippen molar-refractivity contribution in [3.63, 3.8) is 0 Å². The van der Waals surface area contributed by atoms with E-state index in [1.54, 1.807) is 0 Å². The molecule has 84 valence electrons. The van der Waals surface area contributed by atoms with E-state index in [4.69, 9.17) is 9.84 Å². The minimum atomic E-state index is -1.34. The molecule has 2 rings (SSSR count). The Hall–Kier alpha value is -2.04. The van der Waals surface area contributed by atoms with Crippen LogP contribution in [0.3, 0.4) is 0 Å². The molecule has 1 aromatic rings. The minimum Gasteiger partial charge on any atom is -0.508 e. The topological polar surface area (TPSA) is 83.8 Å². The first-order chi connectivity index (χ1) is 7.43. The van der Waals surface area contributed by atoms with Gasteiger partial charge in [0.25, 0.3) is 0 Å². The van der Waals surface area contributed by atoms with Crippen LogP contribution in [0.25, 0.3) is 0 Å². The smallest absolute Gasteiger partial charge is 0.314 e. The van der Waals surface area contributed by atoms with Crippen molar-refractivity contribution in [1.82, 2.24) is 0 Å². The molecule has 16 heavy (non-hydrogen) atoms. The summed E-state index contributed by atoms with van der Waals surface area (Å²) in [6, 6.07) is 4.05. The van der Waals surface area contributed by atoms with Gasteiger partial charge in [-0.15, -0.1) is 0 Å². The zero-order valence-electron chi connectivity index (χ0n) is 8.56. The van der Waals surface area contributed by atoms with Crippen LogP contribution < -0.4 is 4.74 Å². The maximum absolute atomic E-state index is 11.3. The summed E-state index contributed by atoms with van der Waals surface area (Å²) in [6.45, 7) is 1.44. The average Bonchev–Trinajstić information content (AvgIpc) is 2.19. The number of hydrogen-bond donors (Lipinski definition) is 2. The fourth-order valence-corrected chi connectivity index (χ4v) is 1.77. The number of aliphatic carboxylic acids is 1. The Morgan fingerprint density at radius 3 is 2.81 bits per heavy atom. The standard InChI is InChI=1S/C11H10O5/c1-11(10(14)15)5-9(13)16-8-3-2-6(12)4-7(8)11/h2-4,12H,5H2,1H3,(H,14,15). The lowest BCUT2D eigenvalue weighted by atomic mass is 9.77. The molecule has 0 amide bonds. The van der Waals surface area contributed by atoms with Crippen LogP contribution in [0.5, 0.6) is 11.5 Å². The monoisotopic (exact) mass is 222 g/mol. The molecule has 2 N–H and O–H groups in total. The van der Waals surface area contributed by atoms with Crippen LogP contribution in [-0.2, 0) is 15.0 Å². The maximum atomic E-state index is 11.3.